The van der Waals surface area contributed by atoms with Crippen LogP contribution >= 0.6 is 0 Å². The highest BCUT2D eigenvalue weighted by Gasteiger charge is 2.42. The van der Waals surface area contributed by atoms with E-state index in [1.807, 2.05) is 6.92 Å². The van der Waals surface area contributed by atoms with Crippen molar-refractivity contribution in [3.05, 3.63) is 47.5 Å². The number of carboxylic acids is 1. The largest absolute Gasteiger partial charge is 0.481 e. The number of anilines is 2. The summed E-state index contributed by atoms with van der Waals surface area (Å²) in [5, 5.41) is 12.0. The van der Waals surface area contributed by atoms with Crippen LogP contribution in [0.2, 0.25) is 0 Å². The van der Waals surface area contributed by atoms with E-state index < -0.39 is 18.2 Å². The van der Waals surface area contributed by atoms with Crippen LogP contribution in [0.4, 0.5) is 24.5 Å². The van der Waals surface area contributed by atoms with Gasteiger partial charge in [-0.1, -0.05) is 19.1 Å². The van der Waals surface area contributed by atoms with E-state index in [0.29, 0.717) is 23.5 Å². The molecule has 0 aliphatic heterocycles. The van der Waals surface area contributed by atoms with Gasteiger partial charge in [0.25, 0.3) is 0 Å². The highest BCUT2D eigenvalue weighted by Crippen LogP contribution is 2.41. The summed E-state index contributed by atoms with van der Waals surface area (Å²) in [5.74, 6) is -0.771. The number of halogens is 3. The minimum Gasteiger partial charge on any atom is -0.481 e. The Morgan fingerprint density at radius 1 is 1.29 bits per heavy atom. The summed E-state index contributed by atoms with van der Waals surface area (Å²) in [6.45, 7) is 3.52. The average Bonchev–Trinajstić information content (AvgIpc) is 2.62. The molecule has 0 saturated carbocycles. The monoisotopic (exact) mass is 397 g/mol. The van der Waals surface area contributed by atoms with Crippen molar-refractivity contribution < 1.29 is 27.8 Å². The number of alkyl halides is 3. The van der Waals surface area contributed by atoms with Gasteiger partial charge in [-0.05, 0) is 30.9 Å². The number of carboxylic acid groups (broad SMARTS) is 1. The van der Waals surface area contributed by atoms with Crippen LogP contribution in [0.15, 0.2) is 30.6 Å². The Labute approximate surface area is 160 Å². The lowest BCUT2D eigenvalue weighted by Crippen LogP contribution is -2.23. The van der Waals surface area contributed by atoms with Crippen LogP contribution in [0, 0.1) is 6.92 Å². The maximum atomic E-state index is 13.4. The molecule has 0 amide bonds. The van der Waals surface area contributed by atoms with Crippen LogP contribution in [0.5, 0.6) is 0 Å². The van der Waals surface area contributed by atoms with Crippen molar-refractivity contribution in [3.8, 4) is 0 Å². The van der Waals surface area contributed by atoms with Gasteiger partial charge in [-0.25, -0.2) is 9.97 Å². The molecule has 0 bridgehead atoms. The van der Waals surface area contributed by atoms with Crippen molar-refractivity contribution in [2.45, 2.75) is 44.9 Å². The first-order chi connectivity index (χ1) is 13.2. The molecule has 0 fully saturated rings. The first-order valence-electron chi connectivity index (χ1n) is 8.66. The Hall–Kier alpha value is -2.68. The lowest BCUT2D eigenvalue weighted by Gasteiger charge is -2.24. The number of benzene rings is 1. The molecule has 1 aromatic heterocycles. The summed E-state index contributed by atoms with van der Waals surface area (Å²) in [6, 6.07) is 4.37. The number of aliphatic carboxylic acids is 1. The van der Waals surface area contributed by atoms with Crippen molar-refractivity contribution in [2.75, 3.05) is 12.4 Å². The molecule has 1 unspecified atom stereocenters. The second-order valence-electron chi connectivity index (χ2n) is 6.35. The van der Waals surface area contributed by atoms with E-state index in [9.17, 15) is 18.0 Å². The van der Waals surface area contributed by atoms with Crippen LogP contribution in [-0.2, 0) is 9.53 Å². The van der Waals surface area contributed by atoms with Gasteiger partial charge in [0.15, 0.2) is 6.10 Å². The minimum atomic E-state index is -4.61. The van der Waals surface area contributed by atoms with E-state index in [2.05, 4.69) is 15.3 Å². The van der Waals surface area contributed by atoms with Crippen LogP contribution in [0.3, 0.4) is 0 Å². The summed E-state index contributed by atoms with van der Waals surface area (Å²) < 4.78 is 45.0. The highest BCUT2D eigenvalue weighted by atomic mass is 19.4. The fourth-order valence-corrected chi connectivity index (χ4v) is 2.92. The highest BCUT2D eigenvalue weighted by molar-refractivity contribution is 5.69. The van der Waals surface area contributed by atoms with Crippen molar-refractivity contribution in [3.63, 3.8) is 0 Å². The number of aromatic nitrogens is 2. The molecular formula is C19H22F3N3O3. The lowest BCUT2D eigenvalue weighted by atomic mass is 9.91. The van der Waals surface area contributed by atoms with E-state index in [4.69, 9.17) is 9.84 Å². The second kappa shape index (κ2) is 9.01. The molecule has 2 aromatic rings. The van der Waals surface area contributed by atoms with E-state index in [1.54, 1.807) is 6.92 Å². The number of hydrogen-bond acceptors (Lipinski definition) is 5. The molecule has 0 saturated heterocycles. The zero-order valence-electron chi connectivity index (χ0n) is 15.7. The summed E-state index contributed by atoms with van der Waals surface area (Å²) in [4.78, 5) is 19.2. The Kier molecular flexibility index (Phi) is 6.95. The van der Waals surface area contributed by atoms with Gasteiger partial charge in [0.1, 0.15) is 5.82 Å². The zero-order valence-corrected chi connectivity index (χ0v) is 15.7. The Bertz CT molecular complexity index is 810. The van der Waals surface area contributed by atoms with Crippen molar-refractivity contribution in [1.29, 1.82) is 0 Å². The zero-order chi connectivity index (χ0) is 20.9. The number of carbonyl (C=O) groups is 1. The molecule has 28 heavy (non-hydrogen) atoms. The maximum absolute atomic E-state index is 13.4. The molecular weight excluding hydrogens is 375 g/mol. The number of rotatable bonds is 8. The summed E-state index contributed by atoms with van der Waals surface area (Å²) in [5.41, 5.74) is 1.09. The van der Waals surface area contributed by atoms with Gasteiger partial charge in [0.2, 0.25) is 0 Å². The smallest absolute Gasteiger partial charge is 0.418 e. The van der Waals surface area contributed by atoms with Crippen LogP contribution in [0.25, 0.3) is 0 Å². The molecule has 1 heterocycles. The van der Waals surface area contributed by atoms with E-state index in [1.165, 1.54) is 30.6 Å². The number of nitrogens with zero attached hydrogens (tertiary/aromatic N) is 2. The molecule has 1 aromatic carbocycles. The minimum absolute atomic E-state index is 0.107. The Balaban J connectivity index is 2.51. The third-order valence-corrected chi connectivity index (χ3v) is 4.34. The van der Waals surface area contributed by atoms with Crippen LogP contribution in [0.1, 0.15) is 48.7 Å². The van der Waals surface area contributed by atoms with Crippen LogP contribution < -0.4 is 5.32 Å². The summed E-state index contributed by atoms with van der Waals surface area (Å²) >= 11 is 0. The fourth-order valence-electron chi connectivity index (χ4n) is 2.92. The van der Waals surface area contributed by atoms with Gasteiger partial charge >= 0.3 is 12.1 Å². The first kappa shape index (κ1) is 21.6. The second-order valence-corrected chi connectivity index (χ2v) is 6.35. The molecule has 0 spiro atoms. The number of ether oxygens (including phenoxy) is 1. The van der Waals surface area contributed by atoms with Crippen molar-refractivity contribution in [2.24, 2.45) is 0 Å². The fraction of sp³-hybridized carbons (Fsp3) is 0.421. The summed E-state index contributed by atoms with van der Waals surface area (Å²) in [6.07, 6.45) is -3.40. The molecule has 6 nitrogen and oxygen atoms in total. The molecule has 9 heteroatoms. The first-order valence-corrected chi connectivity index (χ1v) is 8.66. The normalized spacial score (nSPS) is 13.8. The molecule has 152 valence electrons. The number of hydrogen-bond donors (Lipinski definition) is 2. The number of nitrogens with one attached hydrogen (secondary N) is 1. The Morgan fingerprint density at radius 3 is 2.43 bits per heavy atom. The molecule has 0 aliphatic rings. The molecule has 0 aliphatic carbocycles. The van der Waals surface area contributed by atoms with Gasteiger partial charge in [-0.2, -0.15) is 13.2 Å². The quantitative estimate of drug-likeness (QED) is 0.669. The third kappa shape index (κ3) is 5.41. The van der Waals surface area contributed by atoms with Gasteiger partial charge in [0, 0.05) is 18.4 Å². The maximum Gasteiger partial charge on any atom is 0.418 e. The average molecular weight is 397 g/mol. The van der Waals surface area contributed by atoms with E-state index in [-0.39, 0.29) is 23.6 Å². The van der Waals surface area contributed by atoms with Gasteiger partial charge in [-0.3, -0.25) is 4.79 Å². The third-order valence-electron chi connectivity index (χ3n) is 4.34. The number of methoxy groups -OCH3 is 1. The van der Waals surface area contributed by atoms with Gasteiger partial charge in [0.05, 0.1) is 24.5 Å². The predicted octanol–water partition coefficient (Wildman–Crippen LogP) is 4.75. The standard InChI is InChI=1S/C19H22F3N3O3/c1-4-12(8-17(26)27)13-5-6-15(18(28-3)19(20,21)22)16(7-13)25-14-9-23-11(2)24-10-14/h5-7,9-10,12,18,25H,4,8H2,1-3H3,(H,26,27)/t12?,18-/m0/s1. The summed E-state index contributed by atoms with van der Waals surface area (Å²) in [7, 11) is 0.990. The molecule has 2 rings (SSSR count). The van der Waals surface area contributed by atoms with E-state index in [0.717, 1.165) is 7.11 Å². The van der Waals surface area contributed by atoms with Crippen molar-refractivity contribution >= 4 is 17.3 Å². The Morgan fingerprint density at radius 2 is 1.93 bits per heavy atom. The van der Waals surface area contributed by atoms with Crippen LogP contribution in [-0.4, -0.2) is 34.3 Å². The van der Waals surface area contributed by atoms with Gasteiger partial charge in [-0.15, -0.1) is 0 Å². The predicted molar refractivity (Wildman–Crippen MR) is 97.6 cm³/mol. The van der Waals surface area contributed by atoms with Gasteiger partial charge < -0.3 is 15.2 Å². The molecule has 0 radical (unpaired) electrons. The van der Waals surface area contributed by atoms with E-state index >= 15 is 0 Å². The molecule has 2 atom stereocenters. The molecule has 2 N–H and O–H groups in total. The lowest BCUT2D eigenvalue weighted by molar-refractivity contribution is -0.215. The topological polar surface area (TPSA) is 84.3 Å². The number of aryl methyl sites for hydroxylation is 1. The van der Waals surface area contributed by atoms with Crippen molar-refractivity contribution in [1.82, 2.24) is 9.97 Å². The SMILES string of the molecule is CCC(CC(=O)O)c1ccc([C@H](OC)C(F)(F)F)c(Nc2cnc(C)nc2)c1.